The van der Waals surface area contributed by atoms with Gasteiger partial charge in [0.05, 0.1) is 5.56 Å². The summed E-state index contributed by atoms with van der Waals surface area (Å²) in [4.78, 5) is 23.8. The number of fused-ring (bicyclic) bond motifs is 2. The Kier molecular flexibility index (Phi) is 3.80. The van der Waals surface area contributed by atoms with Crippen LogP contribution in [0.15, 0.2) is 63.8 Å². The van der Waals surface area contributed by atoms with Crippen LogP contribution in [0.2, 0.25) is 0 Å². The third kappa shape index (κ3) is 2.96. The lowest BCUT2D eigenvalue weighted by Gasteiger charge is -2.30. The Morgan fingerprint density at radius 2 is 1.88 bits per heavy atom. The molecule has 1 atom stereocenters. The van der Waals surface area contributed by atoms with Crippen molar-refractivity contribution in [2.45, 2.75) is 32.0 Å². The monoisotopic (exact) mass is 350 g/mol. The fourth-order valence-electron chi connectivity index (χ4n) is 3.13. The summed E-state index contributed by atoms with van der Waals surface area (Å²) in [5, 5.41) is 0.840. The number of carbonyl (C=O) groups excluding carboxylic acids is 1. The van der Waals surface area contributed by atoms with Crippen molar-refractivity contribution < 1.29 is 18.7 Å². The average molecular weight is 350 g/mol. The van der Waals surface area contributed by atoms with E-state index in [0.29, 0.717) is 23.3 Å². The maximum Gasteiger partial charge on any atom is 0.338 e. The van der Waals surface area contributed by atoms with Crippen LogP contribution in [0, 0.1) is 0 Å². The van der Waals surface area contributed by atoms with Crippen molar-refractivity contribution in [1.29, 1.82) is 0 Å². The Hall–Kier alpha value is -3.08. The molecule has 0 amide bonds. The lowest BCUT2D eigenvalue weighted by atomic mass is 9.96. The highest BCUT2D eigenvalue weighted by atomic mass is 16.6. The summed E-state index contributed by atoms with van der Waals surface area (Å²) in [6.07, 6.45) is 0.285. The lowest BCUT2D eigenvalue weighted by molar-refractivity contribution is -0.0517. The Morgan fingerprint density at radius 3 is 2.65 bits per heavy atom. The highest BCUT2D eigenvalue weighted by Gasteiger charge is 2.40. The molecular formula is C21H18O5. The van der Waals surface area contributed by atoms with Gasteiger partial charge in [-0.15, -0.1) is 0 Å². The SMILES string of the molecule is CC(C)(OC(=O)c1ccccc1)[C@@H]1Cc2cc3ccc(=O)oc3cc2O1. The van der Waals surface area contributed by atoms with E-state index in [1.165, 1.54) is 6.07 Å². The summed E-state index contributed by atoms with van der Waals surface area (Å²) in [6, 6.07) is 15.7. The minimum atomic E-state index is -0.820. The number of hydrogen-bond donors (Lipinski definition) is 0. The predicted molar refractivity (Wildman–Crippen MR) is 96.5 cm³/mol. The van der Waals surface area contributed by atoms with Crippen molar-refractivity contribution in [3.05, 3.63) is 76.1 Å². The van der Waals surface area contributed by atoms with Crippen LogP contribution >= 0.6 is 0 Å². The predicted octanol–water partition coefficient (Wildman–Crippen LogP) is 3.73. The number of hydrogen-bond acceptors (Lipinski definition) is 5. The van der Waals surface area contributed by atoms with E-state index in [9.17, 15) is 9.59 Å². The maximum atomic E-state index is 12.4. The average Bonchev–Trinajstić information content (AvgIpc) is 3.04. The Balaban J connectivity index is 1.57. The van der Waals surface area contributed by atoms with Gasteiger partial charge in [-0.25, -0.2) is 9.59 Å². The normalized spacial score (nSPS) is 16.2. The molecule has 5 nitrogen and oxygen atoms in total. The molecule has 2 heterocycles. The number of benzene rings is 2. The molecule has 0 saturated carbocycles. The molecule has 5 heteroatoms. The van der Waals surface area contributed by atoms with Gasteiger partial charge in [-0.3, -0.25) is 0 Å². The van der Waals surface area contributed by atoms with E-state index >= 15 is 0 Å². The van der Waals surface area contributed by atoms with Crippen LogP contribution in [0.5, 0.6) is 5.75 Å². The van der Waals surface area contributed by atoms with Gasteiger partial charge in [0.15, 0.2) is 0 Å². The molecule has 132 valence electrons. The van der Waals surface area contributed by atoms with Gasteiger partial charge in [0.1, 0.15) is 23.0 Å². The molecule has 3 aromatic rings. The minimum absolute atomic E-state index is 0.325. The molecule has 0 fully saturated rings. The van der Waals surface area contributed by atoms with Crippen molar-refractivity contribution in [3.63, 3.8) is 0 Å². The molecule has 0 bridgehead atoms. The van der Waals surface area contributed by atoms with E-state index in [-0.39, 0.29) is 12.1 Å². The first-order chi connectivity index (χ1) is 12.4. The van der Waals surface area contributed by atoms with Gasteiger partial charge in [0, 0.05) is 23.9 Å². The van der Waals surface area contributed by atoms with Crippen molar-refractivity contribution in [3.8, 4) is 5.75 Å². The Bertz CT molecular complexity index is 1030. The molecule has 0 N–H and O–H groups in total. The fraction of sp³-hybridized carbons (Fsp3) is 0.238. The first-order valence-electron chi connectivity index (χ1n) is 8.44. The largest absolute Gasteiger partial charge is 0.485 e. The summed E-state index contributed by atoms with van der Waals surface area (Å²) in [5.74, 6) is 0.270. The zero-order chi connectivity index (χ0) is 18.3. The van der Waals surface area contributed by atoms with Crippen molar-refractivity contribution in [2.75, 3.05) is 0 Å². The van der Waals surface area contributed by atoms with Crippen molar-refractivity contribution in [2.24, 2.45) is 0 Å². The van der Waals surface area contributed by atoms with Crippen molar-refractivity contribution in [1.82, 2.24) is 0 Å². The quantitative estimate of drug-likeness (QED) is 0.532. The van der Waals surface area contributed by atoms with E-state index in [4.69, 9.17) is 13.9 Å². The Labute approximate surface area is 150 Å². The minimum Gasteiger partial charge on any atom is -0.485 e. The van der Waals surface area contributed by atoms with E-state index < -0.39 is 11.2 Å². The number of ether oxygens (including phenoxy) is 2. The van der Waals surface area contributed by atoms with Crippen LogP contribution in [-0.2, 0) is 11.2 Å². The van der Waals surface area contributed by atoms with Gasteiger partial charge in [-0.2, -0.15) is 0 Å². The van der Waals surface area contributed by atoms with Gasteiger partial charge in [0.25, 0.3) is 0 Å². The van der Waals surface area contributed by atoms with Gasteiger partial charge in [0.2, 0.25) is 0 Å². The third-order valence-corrected chi connectivity index (χ3v) is 4.62. The van der Waals surface area contributed by atoms with Crippen LogP contribution in [-0.4, -0.2) is 17.7 Å². The van der Waals surface area contributed by atoms with E-state index in [1.54, 1.807) is 36.4 Å². The van der Waals surface area contributed by atoms with E-state index in [1.807, 2.05) is 26.0 Å². The zero-order valence-electron chi connectivity index (χ0n) is 14.5. The van der Waals surface area contributed by atoms with Gasteiger partial charge < -0.3 is 13.9 Å². The lowest BCUT2D eigenvalue weighted by Crippen LogP contribution is -2.43. The summed E-state index contributed by atoms with van der Waals surface area (Å²) in [5.41, 5.74) is 0.766. The van der Waals surface area contributed by atoms with Crippen LogP contribution < -0.4 is 10.4 Å². The van der Waals surface area contributed by atoms with Gasteiger partial charge in [-0.1, -0.05) is 18.2 Å². The molecular weight excluding hydrogens is 332 g/mol. The van der Waals surface area contributed by atoms with Crippen LogP contribution in [0.3, 0.4) is 0 Å². The molecule has 1 aromatic heterocycles. The summed E-state index contributed by atoms with van der Waals surface area (Å²) >= 11 is 0. The Morgan fingerprint density at radius 1 is 1.12 bits per heavy atom. The second-order valence-electron chi connectivity index (χ2n) is 6.92. The molecule has 26 heavy (non-hydrogen) atoms. The molecule has 4 rings (SSSR count). The molecule has 2 aromatic carbocycles. The topological polar surface area (TPSA) is 65.7 Å². The first-order valence-corrected chi connectivity index (χ1v) is 8.44. The molecule has 0 spiro atoms. The second kappa shape index (κ2) is 6.02. The fourth-order valence-corrected chi connectivity index (χ4v) is 3.13. The molecule has 0 aliphatic carbocycles. The third-order valence-electron chi connectivity index (χ3n) is 4.62. The number of rotatable bonds is 3. The summed E-state index contributed by atoms with van der Waals surface area (Å²) in [6.45, 7) is 3.68. The molecule has 1 aliphatic rings. The summed E-state index contributed by atoms with van der Waals surface area (Å²) in [7, 11) is 0. The highest BCUT2D eigenvalue weighted by molar-refractivity contribution is 5.89. The number of carbonyl (C=O) groups is 1. The molecule has 0 unspecified atom stereocenters. The van der Waals surface area contributed by atoms with Gasteiger partial charge >= 0.3 is 11.6 Å². The number of esters is 1. The zero-order valence-corrected chi connectivity index (χ0v) is 14.5. The van der Waals surface area contributed by atoms with Crippen molar-refractivity contribution >= 4 is 16.9 Å². The van der Waals surface area contributed by atoms with Crippen LogP contribution in [0.1, 0.15) is 29.8 Å². The van der Waals surface area contributed by atoms with Crippen LogP contribution in [0.25, 0.3) is 11.0 Å². The first kappa shape index (κ1) is 16.4. The smallest absolute Gasteiger partial charge is 0.338 e. The molecule has 1 aliphatic heterocycles. The second-order valence-corrected chi connectivity index (χ2v) is 6.92. The van der Waals surface area contributed by atoms with Gasteiger partial charge in [-0.05, 0) is 43.7 Å². The molecule has 0 radical (unpaired) electrons. The van der Waals surface area contributed by atoms with E-state index in [0.717, 1.165) is 10.9 Å². The molecule has 0 saturated heterocycles. The maximum absolute atomic E-state index is 12.4. The summed E-state index contributed by atoms with van der Waals surface area (Å²) < 4.78 is 16.9. The standard InChI is InChI=1S/C21H18O5/c1-21(2,26-20(23)13-6-4-3-5-7-13)18-11-15-10-14-8-9-19(22)25-16(14)12-17(15)24-18/h3-10,12,18H,11H2,1-2H3/t18-/m0/s1. The highest BCUT2D eigenvalue weighted by Crippen LogP contribution is 2.37. The van der Waals surface area contributed by atoms with Crippen LogP contribution in [0.4, 0.5) is 0 Å². The van der Waals surface area contributed by atoms with E-state index in [2.05, 4.69) is 0 Å².